The van der Waals surface area contributed by atoms with Crippen LogP contribution in [0.15, 0.2) is 47.6 Å². The summed E-state index contributed by atoms with van der Waals surface area (Å²) in [5.74, 6) is 1.77. The van der Waals surface area contributed by atoms with E-state index < -0.39 is 0 Å². The Hall–Kier alpha value is -3.22. The molecule has 2 aromatic carbocycles. The summed E-state index contributed by atoms with van der Waals surface area (Å²) < 4.78 is 24.2. The molecule has 28 heavy (non-hydrogen) atoms. The Balaban J connectivity index is 1.60. The molecule has 0 atom stereocenters. The van der Waals surface area contributed by atoms with E-state index in [0.717, 1.165) is 28.6 Å². The van der Waals surface area contributed by atoms with Crippen LogP contribution in [0.2, 0.25) is 0 Å². The molecule has 0 spiro atoms. The van der Waals surface area contributed by atoms with Crippen molar-refractivity contribution < 1.29 is 13.9 Å². The lowest BCUT2D eigenvalue weighted by Crippen LogP contribution is -2.32. The van der Waals surface area contributed by atoms with Crippen molar-refractivity contribution in [2.45, 2.75) is 13.3 Å². The first kappa shape index (κ1) is 19.5. The van der Waals surface area contributed by atoms with Gasteiger partial charge in [-0.05, 0) is 49.2 Å². The number of anilines is 1. The Morgan fingerprint density at radius 3 is 2.79 bits per heavy atom. The zero-order valence-electron chi connectivity index (χ0n) is 16.3. The van der Waals surface area contributed by atoms with Crippen LogP contribution in [0.4, 0.5) is 10.1 Å². The van der Waals surface area contributed by atoms with Crippen LogP contribution in [-0.4, -0.2) is 38.3 Å². The van der Waals surface area contributed by atoms with E-state index in [1.807, 2.05) is 31.3 Å². The van der Waals surface area contributed by atoms with Crippen molar-refractivity contribution in [3.8, 4) is 11.5 Å². The van der Waals surface area contributed by atoms with Crippen molar-refractivity contribution >= 4 is 22.5 Å². The van der Waals surface area contributed by atoms with Crippen LogP contribution in [0.3, 0.4) is 0 Å². The van der Waals surface area contributed by atoms with Gasteiger partial charge in [0.05, 0.1) is 13.7 Å². The lowest BCUT2D eigenvalue weighted by molar-refractivity contribution is 0.311. The van der Waals surface area contributed by atoms with Gasteiger partial charge in [0.25, 0.3) is 0 Å². The van der Waals surface area contributed by atoms with E-state index in [9.17, 15) is 4.39 Å². The van der Waals surface area contributed by atoms with Gasteiger partial charge in [-0.1, -0.05) is 0 Å². The molecule has 3 N–H and O–H groups in total. The van der Waals surface area contributed by atoms with E-state index in [2.05, 4.69) is 20.6 Å². The molecule has 0 aliphatic heterocycles. The number of aliphatic imine (C=N–C) groups is 1. The number of hydrogen-bond acceptors (Lipinski definition) is 3. The summed E-state index contributed by atoms with van der Waals surface area (Å²) in [6.07, 6.45) is 2.69. The zero-order valence-corrected chi connectivity index (χ0v) is 16.3. The second-order valence-electron chi connectivity index (χ2n) is 6.18. The van der Waals surface area contributed by atoms with Crippen LogP contribution in [0.25, 0.3) is 10.9 Å². The Morgan fingerprint density at radius 2 is 2.04 bits per heavy atom. The van der Waals surface area contributed by atoms with E-state index in [4.69, 9.17) is 9.47 Å². The van der Waals surface area contributed by atoms with Gasteiger partial charge in [-0.15, -0.1) is 0 Å². The first-order chi connectivity index (χ1) is 13.6. The van der Waals surface area contributed by atoms with E-state index in [-0.39, 0.29) is 5.82 Å². The molecule has 0 radical (unpaired) electrons. The fourth-order valence-corrected chi connectivity index (χ4v) is 3.02. The predicted molar refractivity (Wildman–Crippen MR) is 111 cm³/mol. The van der Waals surface area contributed by atoms with Gasteiger partial charge in [-0.2, -0.15) is 0 Å². The number of aromatic amines is 1. The lowest BCUT2D eigenvalue weighted by atomic mass is 10.1. The summed E-state index contributed by atoms with van der Waals surface area (Å²) in [4.78, 5) is 7.37. The third kappa shape index (κ3) is 4.54. The molecule has 0 saturated heterocycles. The summed E-state index contributed by atoms with van der Waals surface area (Å²) in [5, 5.41) is 7.56. The molecule has 0 aliphatic carbocycles. The quantitative estimate of drug-likeness (QED) is 0.426. The van der Waals surface area contributed by atoms with Crippen molar-refractivity contribution in [2.24, 2.45) is 4.99 Å². The molecule has 0 aliphatic rings. The average Bonchev–Trinajstić information content (AvgIpc) is 3.10. The van der Waals surface area contributed by atoms with Crippen LogP contribution in [0.1, 0.15) is 12.5 Å². The van der Waals surface area contributed by atoms with Crippen molar-refractivity contribution in [3.63, 3.8) is 0 Å². The average molecular weight is 384 g/mol. The second-order valence-corrected chi connectivity index (χ2v) is 6.18. The Kier molecular flexibility index (Phi) is 6.37. The molecular formula is C21H25FN4O2. The summed E-state index contributed by atoms with van der Waals surface area (Å²) in [5.41, 5.74) is 2.77. The Bertz CT molecular complexity index is 968. The van der Waals surface area contributed by atoms with Crippen LogP contribution in [-0.2, 0) is 6.42 Å². The first-order valence-corrected chi connectivity index (χ1v) is 9.18. The third-order valence-electron chi connectivity index (χ3n) is 4.37. The normalized spacial score (nSPS) is 11.5. The van der Waals surface area contributed by atoms with Crippen molar-refractivity contribution in [1.29, 1.82) is 0 Å². The third-order valence-corrected chi connectivity index (χ3v) is 4.37. The number of nitrogens with one attached hydrogen (secondary N) is 3. The van der Waals surface area contributed by atoms with Gasteiger partial charge in [-0.25, -0.2) is 4.39 Å². The zero-order chi connectivity index (χ0) is 19.9. The standard InChI is InChI=1S/C21H25FN4O2/c1-4-28-19-8-6-16(12-20(19)27-3)26-21(23-2)24-10-9-14-13-25-18-11-15(22)5-7-17(14)18/h5-8,11-13,25H,4,9-10H2,1-3H3,(H2,23,24,26). The maximum atomic E-state index is 13.3. The molecule has 0 unspecified atom stereocenters. The van der Waals surface area contributed by atoms with Crippen LogP contribution in [0, 0.1) is 5.82 Å². The molecule has 0 fully saturated rings. The fourth-order valence-electron chi connectivity index (χ4n) is 3.02. The highest BCUT2D eigenvalue weighted by molar-refractivity contribution is 5.94. The number of H-pyrrole nitrogens is 1. The number of ether oxygens (including phenoxy) is 2. The molecule has 148 valence electrons. The minimum atomic E-state index is -0.241. The number of hydrogen-bond donors (Lipinski definition) is 3. The number of fused-ring (bicyclic) bond motifs is 1. The molecule has 1 aromatic heterocycles. The van der Waals surface area contributed by atoms with Gasteiger partial charge >= 0.3 is 0 Å². The van der Waals surface area contributed by atoms with Crippen LogP contribution < -0.4 is 20.1 Å². The molecular weight excluding hydrogens is 359 g/mol. The number of halogens is 1. The first-order valence-electron chi connectivity index (χ1n) is 9.18. The fraction of sp³-hybridized carbons (Fsp3) is 0.286. The summed E-state index contributed by atoms with van der Waals surface area (Å²) in [6.45, 7) is 3.19. The van der Waals surface area contributed by atoms with Crippen molar-refractivity contribution in [3.05, 3.63) is 54.0 Å². The number of nitrogens with zero attached hydrogens (tertiary/aromatic N) is 1. The summed E-state index contributed by atoms with van der Waals surface area (Å²) in [6, 6.07) is 10.4. The number of aromatic nitrogens is 1. The maximum absolute atomic E-state index is 13.3. The van der Waals surface area contributed by atoms with Gasteiger partial charge in [0.15, 0.2) is 17.5 Å². The van der Waals surface area contributed by atoms with Gasteiger partial charge < -0.3 is 25.1 Å². The topological polar surface area (TPSA) is 70.7 Å². The molecule has 3 aromatic rings. The van der Waals surface area contributed by atoms with Gasteiger partial charge in [0.2, 0.25) is 0 Å². The van der Waals surface area contributed by atoms with E-state index in [1.54, 1.807) is 20.2 Å². The van der Waals surface area contributed by atoms with E-state index in [1.165, 1.54) is 12.1 Å². The minimum absolute atomic E-state index is 0.241. The highest BCUT2D eigenvalue weighted by atomic mass is 19.1. The number of guanidine groups is 1. The second kappa shape index (κ2) is 9.12. The van der Waals surface area contributed by atoms with Gasteiger partial charge in [-0.3, -0.25) is 4.99 Å². The molecule has 6 nitrogen and oxygen atoms in total. The van der Waals surface area contributed by atoms with Crippen LogP contribution in [0.5, 0.6) is 11.5 Å². The number of rotatable bonds is 7. The van der Waals surface area contributed by atoms with Crippen molar-refractivity contribution in [2.75, 3.05) is 32.6 Å². The lowest BCUT2D eigenvalue weighted by Gasteiger charge is -2.14. The minimum Gasteiger partial charge on any atom is -0.493 e. The number of methoxy groups -OCH3 is 1. The van der Waals surface area contributed by atoms with E-state index in [0.29, 0.717) is 30.6 Å². The summed E-state index contributed by atoms with van der Waals surface area (Å²) >= 11 is 0. The molecule has 1 heterocycles. The molecule has 3 rings (SSSR count). The van der Waals surface area contributed by atoms with Gasteiger partial charge in [0, 0.05) is 42.4 Å². The van der Waals surface area contributed by atoms with Gasteiger partial charge in [0.1, 0.15) is 5.82 Å². The smallest absolute Gasteiger partial charge is 0.195 e. The maximum Gasteiger partial charge on any atom is 0.195 e. The highest BCUT2D eigenvalue weighted by Crippen LogP contribution is 2.30. The number of benzene rings is 2. The highest BCUT2D eigenvalue weighted by Gasteiger charge is 2.08. The molecule has 0 bridgehead atoms. The van der Waals surface area contributed by atoms with Crippen molar-refractivity contribution in [1.82, 2.24) is 10.3 Å². The summed E-state index contributed by atoms with van der Waals surface area (Å²) in [7, 11) is 3.33. The Morgan fingerprint density at radius 1 is 1.18 bits per heavy atom. The molecule has 0 saturated carbocycles. The monoisotopic (exact) mass is 384 g/mol. The SMILES string of the molecule is CCOc1ccc(NC(=NC)NCCc2c[nH]c3cc(F)ccc23)cc1OC. The molecule has 7 heteroatoms. The Labute approximate surface area is 163 Å². The van der Waals surface area contributed by atoms with Crippen LogP contribution >= 0.6 is 0 Å². The van der Waals surface area contributed by atoms with E-state index >= 15 is 0 Å². The predicted octanol–water partition coefficient (Wildman–Crippen LogP) is 3.94. The molecule has 0 amide bonds. The largest absolute Gasteiger partial charge is 0.493 e.